The molecular formula is C26H24N8S. The highest BCUT2D eigenvalue weighted by molar-refractivity contribution is 7.13. The van der Waals surface area contributed by atoms with Crippen molar-refractivity contribution in [2.24, 2.45) is 0 Å². The van der Waals surface area contributed by atoms with Gasteiger partial charge in [0, 0.05) is 16.5 Å². The molecule has 6 aromatic rings. The van der Waals surface area contributed by atoms with Crippen LogP contribution in [0, 0.1) is 0 Å². The van der Waals surface area contributed by atoms with Crippen LogP contribution in [0.5, 0.6) is 0 Å². The van der Waals surface area contributed by atoms with Crippen molar-refractivity contribution in [2.45, 2.75) is 25.8 Å². The van der Waals surface area contributed by atoms with Gasteiger partial charge in [0.1, 0.15) is 5.51 Å². The molecule has 0 aliphatic carbocycles. The van der Waals surface area contributed by atoms with E-state index in [1.807, 2.05) is 24.4 Å². The zero-order chi connectivity index (χ0) is 23.6. The third-order valence-corrected chi connectivity index (χ3v) is 6.78. The number of rotatable bonds is 8. The Morgan fingerprint density at radius 1 is 0.943 bits per heavy atom. The molecule has 8 nitrogen and oxygen atoms in total. The molecule has 9 heteroatoms. The van der Waals surface area contributed by atoms with Gasteiger partial charge in [0.2, 0.25) is 5.13 Å². The van der Waals surface area contributed by atoms with Crippen molar-refractivity contribution in [2.75, 3.05) is 11.2 Å². The second-order valence-electron chi connectivity index (χ2n) is 8.53. The van der Waals surface area contributed by atoms with Gasteiger partial charge in [-0.05, 0) is 60.7 Å². The summed E-state index contributed by atoms with van der Waals surface area (Å²) < 4.78 is 2.06. The van der Waals surface area contributed by atoms with Crippen LogP contribution >= 0.6 is 11.3 Å². The zero-order valence-corrected chi connectivity index (χ0v) is 19.8. The van der Waals surface area contributed by atoms with Gasteiger partial charge < -0.3 is 11.2 Å². The van der Waals surface area contributed by atoms with Crippen molar-refractivity contribution in [1.82, 2.24) is 29.9 Å². The lowest BCUT2D eigenvalue weighted by Gasteiger charge is -2.06. The van der Waals surface area contributed by atoms with Crippen molar-refractivity contribution in [1.29, 1.82) is 0 Å². The fourth-order valence-corrected chi connectivity index (χ4v) is 4.93. The molecule has 3 aromatic heterocycles. The second kappa shape index (κ2) is 9.19. The SMILES string of the molecule is Nn1nc2ccc(Nc3nncs3)cc2c1CCCc1ccc2c(cnn2Cc2ccccc2)c1. The number of benzene rings is 3. The lowest BCUT2D eigenvalue weighted by Crippen LogP contribution is -2.14. The molecule has 0 amide bonds. The smallest absolute Gasteiger partial charge is 0.209 e. The molecule has 174 valence electrons. The Hall–Kier alpha value is -4.24. The molecule has 0 unspecified atom stereocenters. The van der Waals surface area contributed by atoms with E-state index in [4.69, 9.17) is 5.84 Å². The van der Waals surface area contributed by atoms with Crippen molar-refractivity contribution in [3.8, 4) is 0 Å². The second-order valence-corrected chi connectivity index (χ2v) is 9.36. The van der Waals surface area contributed by atoms with Gasteiger partial charge in [0.15, 0.2) is 0 Å². The molecule has 0 spiro atoms. The van der Waals surface area contributed by atoms with Gasteiger partial charge in [-0.15, -0.1) is 10.2 Å². The maximum Gasteiger partial charge on any atom is 0.209 e. The Bertz CT molecular complexity index is 1580. The third-order valence-electron chi connectivity index (χ3n) is 6.17. The van der Waals surface area contributed by atoms with E-state index >= 15 is 0 Å². The summed E-state index contributed by atoms with van der Waals surface area (Å²) in [5, 5.41) is 23.3. The molecule has 3 aromatic carbocycles. The fourth-order valence-electron chi connectivity index (χ4n) is 4.47. The normalized spacial score (nSPS) is 11.4. The third kappa shape index (κ3) is 4.45. The van der Waals surface area contributed by atoms with E-state index < -0.39 is 0 Å². The Kier molecular flexibility index (Phi) is 5.59. The Morgan fingerprint density at radius 2 is 1.86 bits per heavy atom. The van der Waals surface area contributed by atoms with E-state index in [0.717, 1.165) is 58.7 Å². The largest absolute Gasteiger partial charge is 0.330 e. The summed E-state index contributed by atoms with van der Waals surface area (Å²) in [6, 6.07) is 23.1. The van der Waals surface area contributed by atoms with Crippen molar-refractivity contribution in [3.05, 3.63) is 95.3 Å². The van der Waals surface area contributed by atoms with E-state index in [2.05, 4.69) is 78.9 Å². The number of nitrogens with zero attached hydrogens (tertiary/aromatic N) is 6. The average Bonchev–Trinajstić information content (AvgIpc) is 3.60. The molecule has 0 aliphatic rings. The minimum atomic E-state index is 0.758. The lowest BCUT2D eigenvalue weighted by atomic mass is 10.0. The Labute approximate surface area is 206 Å². The van der Waals surface area contributed by atoms with Crippen molar-refractivity contribution in [3.63, 3.8) is 0 Å². The summed E-state index contributed by atoms with van der Waals surface area (Å²) in [4.78, 5) is 1.51. The molecule has 3 heterocycles. The predicted octanol–water partition coefficient (Wildman–Crippen LogP) is 4.92. The van der Waals surface area contributed by atoms with Crippen LogP contribution < -0.4 is 11.2 Å². The van der Waals surface area contributed by atoms with Crippen LogP contribution in [-0.2, 0) is 19.4 Å². The molecule has 3 N–H and O–H groups in total. The molecule has 35 heavy (non-hydrogen) atoms. The monoisotopic (exact) mass is 480 g/mol. The summed E-state index contributed by atoms with van der Waals surface area (Å²) in [5.41, 5.74) is 8.25. The van der Waals surface area contributed by atoms with Crippen LogP contribution in [0.2, 0.25) is 0 Å². The van der Waals surface area contributed by atoms with Gasteiger partial charge in [-0.25, -0.2) is 0 Å². The standard InChI is InChI=1S/C26H24N8S/c27-34-25(22-14-21(10-11-23(22)32-34)30-26-31-28-17-35-26)8-4-7-18-9-12-24-20(13-18)15-29-33(24)16-19-5-2-1-3-6-19/h1-3,5-6,9-15,17H,4,7-8,16,27H2,(H,30,31). The number of nitrogen functional groups attached to an aromatic ring is 1. The number of nitrogens with two attached hydrogens (primary N) is 1. The highest BCUT2D eigenvalue weighted by Gasteiger charge is 2.12. The number of aromatic nitrogens is 6. The van der Waals surface area contributed by atoms with Gasteiger partial charge in [-0.3, -0.25) is 4.68 Å². The Balaban J connectivity index is 1.15. The number of anilines is 2. The number of fused-ring (bicyclic) bond motifs is 2. The minimum absolute atomic E-state index is 0.758. The van der Waals surface area contributed by atoms with Gasteiger partial charge in [-0.2, -0.15) is 15.0 Å². The molecule has 0 bridgehead atoms. The lowest BCUT2D eigenvalue weighted by molar-refractivity contribution is 0.712. The molecule has 0 aliphatic heterocycles. The topological polar surface area (TPSA) is 99.5 Å². The highest BCUT2D eigenvalue weighted by atomic mass is 32.1. The van der Waals surface area contributed by atoms with Crippen molar-refractivity contribution < 1.29 is 0 Å². The first-order valence-corrected chi connectivity index (χ1v) is 12.4. The number of aryl methyl sites for hydroxylation is 2. The van der Waals surface area contributed by atoms with Gasteiger partial charge in [-0.1, -0.05) is 47.7 Å². The molecule has 0 fully saturated rings. The molecular weight excluding hydrogens is 456 g/mol. The van der Waals surface area contributed by atoms with Crippen LogP contribution in [0.4, 0.5) is 10.8 Å². The van der Waals surface area contributed by atoms with Crippen molar-refractivity contribution >= 4 is 44.0 Å². The van der Waals surface area contributed by atoms with E-state index in [1.165, 1.54) is 32.6 Å². The number of hydrogen-bond acceptors (Lipinski definition) is 7. The molecule has 0 saturated heterocycles. The highest BCUT2D eigenvalue weighted by Crippen LogP contribution is 2.26. The van der Waals surface area contributed by atoms with Crippen LogP contribution in [0.1, 0.15) is 23.2 Å². The Morgan fingerprint density at radius 3 is 2.71 bits per heavy atom. The number of nitrogens with one attached hydrogen (secondary N) is 1. The van der Waals surface area contributed by atoms with Crippen LogP contribution in [0.25, 0.3) is 21.8 Å². The van der Waals surface area contributed by atoms with Crippen LogP contribution in [0.15, 0.2) is 78.4 Å². The predicted molar refractivity (Wildman–Crippen MR) is 140 cm³/mol. The first-order valence-electron chi connectivity index (χ1n) is 11.5. The number of hydrogen-bond donors (Lipinski definition) is 2. The maximum atomic E-state index is 6.21. The van der Waals surface area contributed by atoms with E-state index in [9.17, 15) is 0 Å². The quantitative estimate of drug-likeness (QED) is 0.300. The van der Waals surface area contributed by atoms with E-state index in [0.29, 0.717) is 0 Å². The summed E-state index contributed by atoms with van der Waals surface area (Å²) in [5.74, 6) is 6.21. The van der Waals surface area contributed by atoms with Gasteiger partial charge >= 0.3 is 0 Å². The zero-order valence-electron chi connectivity index (χ0n) is 19.0. The summed E-state index contributed by atoms with van der Waals surface area (Å²) in [6.45, 7) is 0.771. The summed E-state index contributed by atoms with van der Waals surface area (Å²) in [6.07, 6.45) is 4.71. The molecule has 6 rings (SSSR count). The van der Waals surface area contributed by atoms with E-state index in [-0.39, 0.29) is 0 Å². The van der Waals surface area contributed by atoms with E-state index in [1.54, 1.807) is 5.51 Å². The molecule has 0 radical (unpaired) electrons. The molecule has 0 saturated carbocycles. The molecule has 0 atom stereocenters. The summed E-state index contributed by atoms with van der Waals surface area (Å²) >= 11 is 1.46. The van der Waals surface area contributed by atoms with Crippen LogP contribution in [0.3, 0.4) is 0 Å². The summed E-state index contributed by atoms with van der Waals surface area (Å²) in [7, 11) is 0. The minimum Gasteiger partial charge on any atom is -0.330 e. The average molecular weight is 481 g/mol. The first kappa shape index (κ1) is 21.3. The fraction of sp³-hybridized carbons (Fsp3) is 0.154. The van der Waals surface area contributed by atoms with Crippen LogP contribution in [-0.4, -0.2) is 29.9 Å². The first-order chi connectivity index (χ1) is 17.2. The van der Waals surface area contributed by atoms with Gasteiger partial charge in [0.25, 0.3) is 0 Å². The maximum absolute atomic E-state index is 6.21. The van der Waals surface area contributed by atoms with Gasteiger partial charge in [0.05, 0.1) is 29.5 Å².